The molecule has 1 atom stereocenters. The van der Waals surface area contributed by atoms with E-state index < -0.39 is 30.4 Å². The van der Waals surface area contributed by atoms with Crippen molar-refractivity contribution in [1.29, 1.82) is 0 Å². The lowest BCUT2D eigenvalue weighted by Crippen LogP contribution is -2.39. The Kier molecular flexibility index (Phi) is 6.12. The number of carbonyl (C=O) groups excluding carboxylic acids is 4. The van der Waals surface area contributed by atoms with Crippen LogP contribution in [0, 0.1) is 0 Å². The molecule has 3 aromatic rings. The average molecular weight is 485 g/mol. The van der Waals surface area contributed by atoms with Gasteiger partial charge in [-0.15, -0.1) is 0 Å². The molecule has 36 heavy (non-hydrogen) atoms. The largest absolute Gasteiger partial charge is 0.454 e. The van der Waals surface area contributed by atoms with Gasteiger partial charge in [-0.25, -0.2) is 4.79 Å². The number of ketones is 1. The van der Waals surface area contributed by atoms with Crippen LogP contribution < -0.4 is 14.8 Å². The molecule has 3 aromatic carbocycles. The zero-order chi connectivity index (χ0) is 25.2. The molecule has 1 N–H and O–H groups in total. The van der Waals surface area contributed by atoms with Crippen LogP contribution in [0.15, 0.2) is 72.8 Å². The van der Waals surface area contributed by atoms with E-state index in [0.29, 0.717) is 17.1 Å². The summed E-state index contributed by atoms with van der Waals surface area (Å²) in [7, 11) is 0. The first-order valence-electron chi connectivity index (χ1n) is 11.4. The standard InChI is InChI=1S/C27H23N3O6/c1-17(31)20-12-22-23(36-16-35-22)13-21(20)28-24(32)15-30-26(33)25(19-10-6-3-7-11-19)29(27(30)34)14-18-8-4-2-5-9-18/h2-13,25H,14-16H2,1H3,(H,28,32). The summed E-state index contributed by atoms with van der Waals surface area (Å²) in [4.78, 5) is 54.3. The van der Waals surface area contributed by atoms with Crippen molar-refractivity contribution in [2.45, 2.75) is 19.5 Å². The monoisotopic (exact) mass is 485 g/mol. The number of rotatable bonds is 7. The van der Waals surface area contributed by atoms with Crippen LogP contribution in [0.1, 0.15) is 34.5 Å². The van der Waals surface area contributed by atoms with E-state index in [1.807, 2.05) is 36.4 Å². The van der Waals surface area contributed by atoms with E-state index in [1.54, 1.807) is 24.3 Å². The third kappa shape index (κ3) is 4.38. The highest BCUT2D eigenvalue weighted by atomic mass is 16.7. The number of hydrogen-bond acceptors (Lipinski definition) is 6. The summed E-state index contributed by atoms with van der Waals surface area (Å²) in [6, 6.07) is 19.9. The van der Waals surface area contributed by atoms with Gasteiger partial charge in [0.1, 0.15) is 12.6 Å². The number of anilines is 1. The zero-order valence-corrected chi connectivity index (χ0v) is 19.5. The van der Waals surface area contributed by atoms with Gasteiger partial charge in [0.05, 0.1) is 5.69 Å². The second-order valence-electron chi connectivity index (χ2n) is 8.49. The van der Waals surface area contributed by atoms with Crippen molar-refractivity contribution in [3.8, 4) is 11.5 Å². The minimum Gasteiger partial charge on any atom is -0.454 e. The molecule has 1 saturated heterocycles. The average Bonchev–Trinajstić information content (AvgIpc) is 3.42. The molecule has 5 rings (SSSR count). The fraction of sp³-hybridized carbons (Fsp3) is 0.185. The first kappa shape index (κ1) is 23.1. The number of nitrogens with one attached hydrogen (secondary N) is 1. The minimum absolute atomic E-state index is 0.0129. The fourth-order valence-electron chi connectivity index (χ4n) is 4.35. The maximum atomic E-state index is 13.4. The van der Waals surface area contributed by atoms with Gasteiger partial charge in [-0.05, 0) is 24.1 Å². The highest BCUT2D eigenvalue weighted by molar-refractivity contribution is 6.10. The molecule has 9 heteroatoms. The highest BCUT2D eigenvalue weighted by Gasteiger charge is 2.46. The normalized spacial score (nSPS) is 16.4. The van der Waals surface area contributed by atoms with Crippen molar-refractivity contribution >= 4 is 29.3 Å². The summed E-state index contributed by atoms with van der Waals surface area (Å²) in [6.07, 6.45) is 0. The van der Waals surface area contributed by atoms with Gasteiger partial charge >= 0.3 is 6.03 Å². The predicted octanol–water partition coefficient (Wildman–Crippen LogP) is 3.76. The van der Waals surface area contributed by atoms with Gasteiger partial charge in [0.25, 0.3) is 5.91 Å². The number of ether oxygens (including phenoxy) is 2. The van der Waals surface area contributed by atoms with Gasteiger partial charge in [0.15, 0.2) is 17.3 Å². The molecule has 2 heterocycles. The van der Waals surface area contributed by atoms with Crippen LogP contribution in [0.2, 0.25) is 0 Å². The van der Waals surface area contributed by atoms with E-state index in [9.17, 15) is 19.2 Å². The Morgan fingerprint density at radius 3 is 2.25 bits per heavy atom. The lowest BCUT2D eigenvalue weighted by atomic mass is 10.1. The highest BCUT2D eigenvalue weighted by Crippen LogP contribution is 2.37. The molecule has 0 bridgehead atoms. The zero-order valence-electron chi connectivity index (χ0n) is 19.5. The molecular formula is C27H23N3O6. The molecule has 0 spiro atoms. The molecule has 2 aliphatic heterocycles. The summed E-state index contributed by atoms with van der Waals surface area (Å²) < 4.78 is 10.7. The number of Topliss-reactive ketones (excluding diaryl/α,β-unsaturated/α-hetero) is 1. The molecular weight excluding hydrogens is 462 g/mol. The smallest absolute Gasteiger partial charge is 0.328 e. The Morgan fingerprint density at radius 2 is 1.58 bits per heavy atom. The van der Waals surface area contributed by atoms with Crippen molar-refractivity contribution in [3.05, 3.63) is 89.5 Å². The number of fused-ring (bicyclic) bond motifs is 1. The van der Waals surface area contributed by atoms with Crippen LogP contribution in [0.5, 0.6) is 11.5 Å². The third-order valence-electron chi connectivity index (χ3n) is 6.07. The van der Waals surface area contributed by atoms with Gasteiger partial charge < -0.3 is 19.7 Å². The molecule has 182 valence electrons. The van der Waals surface area contributed by atoms with Crippen molar-refractivity contribution in [2.75, 3.05) is 18.7 Å². The van der Waals surface area contributed by atoms with Crippen molar-refractivity contribution in [1.82, 2.24) is 9.80 Å². The Bertz CT molecular complexity index is 1340. The number of amides is 4. The minimum atomic E-state index is -0.856. The van der Waals surface area contributed by atoms with Crippen LogP contribution in [0.3, 0.4) is 0 Å². The SMILES string of the molecule is CC(=O)c1cc2c(cc1NC(=O)CN1C(=O)C(c3ccccc3)N(Cc3ccccc3)C1=O)OCO2. The molecule has 0 radical (unpaired) electrons. The number of imide groups is 1. The first-order chi connectivity index (χ1) is 17.4. The molecule has 0 aromatic heterocycles. The molecule has 0 saturated carbocycles. The van der Waals surface area contributed by atoms with Gasteiger partial charge in [0, 0.05) is 18.2 Å². The molecule has 1 fully saturated rings. The number of hydrogen-bond donors (Lipinski definition) is 1. The Morgan fingerprint density at radius 1 is 0.944 bits per heavy atom. The number of carbonyl (C=O) groups is 4. The van der Waals surface area contributed by atoms with E-state index in [2.05, 4.69) is 5.32 Å². The van der Waals surface area contributed by atoms with E-state index >= 15 is 0 Å². The fourth-order valence-corrected chi connectivity index (χ4v) is 4.35. The predicted molar refractivity (Wildman–Crippen MR) is 129 cm³/mol. The van der Waals surface area contributed by atoms with Crippen LogP contribution in [-0.2, 0) is 16.1 Å². The van der Waals surface area contributed by atoms with Gasteiger partial charge in [-0.1, -0.05) is 60.7 Å². The summed E-state index contributed by atoms with van der Waals surface area (Å²) in [6.45, 7) is 1.09. The van der Waals surface area contributed by atoms with E-state index in [0.717, 1.165) is 10.5 Å². The van der Waals surface area contributed by atoms with Gasteiger partial charge in [-0.3, -0.25) is 19.3 Å². The van der Waals surface area contributed by atoms with Crippen molar-refractivity contribution < 1.29 is 28.7 Å². The van der Waals surface area contributed by atoms with Crippen molar-refractivity contribution in [2.24, 2.45) is 0 Å². The van der Waals surface area contributed by atoms with Crippen molar-refractivity contribution in [3.63, 3.8) is 0 Å². The van der Waals surface area contributed by atoms with Crippen LogP contribution >= 0.6 is 0 Å². The maximum Gasteiger partial charge on any atom is 0.328 e. The van der Waals surface area contributed by atoms with Crippen LogP contribution in [0.4, 0.5) is 10.5 Å². The lowest BCUT2D eigenvalue weighted by molar-refractivity contribution is -0.131. The topological polar surface area (TPSA) is 105 Å². The van der Waals surface area contributed by atoms with Crippen LogP contribution in [0.25, 0.3) is 0 Å². The van der Waals surface area contributed by atoms with Gasteiger partial charge in [0.2, 0.25) is 12.7 Å². The van der Waals surface area contributed by atoms with Gasteiger partial charge in [-0.2, -0.15) is 0 Å². The molecule has 4 amide bonds. The summed E-state index contributed by atoms with van der Waals surface area (Å²) in [5.41, 5.74) is 1.97. The Hall–Kier alpha value is -4.66. The summed E-state index contributed by atoms with van der Waals surface area (Å²) in [5.74, 6) is -0.594. The molecule has 0 aliphatic carbocycles. The van der Waals surface area contributed by atoms with E-state index in [1.165, 1.54) is 24.0 Å². The third-order valence-corrected chi connectivity index (χ3v) is 6.07. The number of nitrogens with zero attached hydrogens (tertiary/aromatic N) is 2. The maximum absolute atomic E-state index is 13.4. The van der Waals surface area contributed by atoms with E-state index in [-0.39, 0.29) is 30.4 Å². The molecule has 2 aliphatic rings. The quantitative estimate of drug-likeness (QED) is 0.404. The first-order valence-corrected chi connectivity index (χ1v) is 11.4. The summed E-state index contributed by atoms with van der Waals surface area (Å²) >= 11 is 0. The number of urea groups is 1. The van der Waals surface area contributed by atoms with E-state index in [4.69, 9.17) is 9.47 Å². The second kappa shape index (κ2) is 9.53. The summed E-state index contributed by atoms with van der Waals surface area (Å²) in [5, 5.41) is 2.65. The second-order valence-corrected chi connectivity index (χ2v) is 8.49. The molecule has 9 nitrogen and oxygen atoms in total. The van der Waals surface area contributed by atoms with Crippen LogP contribution in [-0.4, -0.2) is 46.8 Å². The Labute approximate surface area is 207 Å². The molecule has 1 unspecified atom stereocenters. The number of benzene rings is 3. The lowest BCUT2D eigenvalue weighted by Gasteiger charge is -2.22. The Balaban J connectivity index is 1.39.